The van der Waals surface area contributed by atoms with Crippen LogP contribution in [0.15, 0.2) is 0 Å². The van der Waals surface area contributed by atoms with Gasteiger partial charge in [0.1, 0.15) is 15.6 Å². The van der Waals surface area contributed by atoms with Gasteiger partial charge in [0.15, 0.2) is 5.75 Å². The van der Waals surface area contributed by atoms with E-state index in [0.29, 0.717) is 22.2 Å². The highest BCUT2D eigenvalue weighted by molar-refractivity contribution is 7.19. The molecule has 0 aliphatic carbocycles. The van der Waals surface area contributed by atoms with Gasteiger partial charge in [0.25, 0.3) is 0 Å². The van der Waals surface area contributed by atoms with Gasteiger partial charge < -0.3 is 20.1 Å². The molecule has 1 aliphatic heterocycles. The third kappa shape index (κ3) is 2.57. The van der Waals surface area contributed by atoms with E-state index in [1.54, 1.807) is 7.11 Å². The molecule has 2 rings (SSSR count). The number of hydrogen-bond acceptors (Lipinski definition) is 6. The zero-order valence-corrected chi connectivity index (χ0v) is 13.3. The molecule has 5 nitrogen and oxygen atoms in total. The number of nitrogens with zero attached hydrogens (tertiary/aromatic N) is 1. The van der Waals surface area contributed by atoms with Crippen molar-refractivity contribution in [1.82, 2.24) is 0 Å². The molecule has 0 amide bonds. The molecule has 1 aliphatic rings. The third-order valence-corrected chi connectivity index (χ3v) is 5.31. The van der Waals surface area contributed by atoms with Crippen LogP contribution in [-0.2, 0) is 4.74 Å². The van der Waals surface area contributed by atoms with Gasteiger partial charge in [-0.3, -0.25) is 0 Å². The molecule has 0 spiro atoms. The van der Waals surface area contributed by atoms with Crippen LogP contribution < -0.4 is 15.4 Å². The molecule has 1 aromatic heterocycles. The summed E-state index contributed by atoms with van der Waals surface area (Å²) in [6.45, 7) is 6.45. The number of carbonyl (C=O) groups is 1. The first-order valence-corrected chi connectivity index (χ1v) is 7.60. The van der Waals surface area contributed by atoms with Gasteiger partial charge in [-0.2, -0.15) is 0 Å². The van der Waals surface area contributed by atoms with Crippen LogP contribution in [0, 0.1) is 11.8 Å². The highest BCUT2D eigenvalue weighted by Gasteiger charge is 2.29. The van der Waals surface area contributed by atoms with Crippen LogP contribution in [0.4, 0.5) is 10.7 Å². The molecule has 0 aromatic carbocycles. The maximum atomic E-state index is 11.7. The average Bonchev–Trinajstić information content (AvgIpc) is 2.78. The number of hydrogen-bond donors (Lipinski definition) is 1. The van der Waals surface area contributed by atoms with Crippen LogP contribution in [0.2, 0.25) is 0 Å². The van der Waals surface area contributed by atoms with E-state index < -0.39 is 5.97 Å². The van der Waals surface area contributed by atoms with Gasteiger partial charge in [-0.25, -0.2) is 4.79 Å². The highest BCUT2D eigenvalue weighted by atomic mass is 32.1. The molecular weight excluding hydrogens is 276 g/mol. The fourth-order valence-electron chi connectivity index (χ4n) is 2.51. The van der Waals surface area contributed by atoms with Gasteiger partial charge in [0, 0.05) is 13.1 Å². The first-order valence-electron chi connectivity index (χ1n) is 6.79. The van der Waals surface area contributed by atoms with Crippen LogP contribution in [0.1, 0.15) is 29.9 Å². The number of carbonyl (C=O) groups excluding carboxylic acids is 1. The van der Waals surface area contributed by atoms with Crippen molar-refractivity contribution in [1.29, 1.82) is 0 Å². The van der Waals surface area contributed by atoms with Crippen molar-refractivity contribution in [3.05, 3.63) is 4.88 Å². The number of nitrogen functional groups attached to an aromatic ring is 1. The topological polar surface area (TPSA) is 64.8 Å². The second-order valence-corrected chi connectivity index (χ2v) is 6.36. The molecule has 2 unspecified atom stereocenters. The summed E-state index contributed by atoms with van der Waals surface area (Å²) in [5.41, 5.74) is 6.40. The van der Waals surface area contributed by atoms with E-state index >= 15 is 0 Å². The summed E-state index contributed by atoms with van der Waals surface area (Å²) < 4.78 is 10.2. The van der Waals surface area contributed by atoms with Crippen LogP contribution in [0.25, 0.3) is 0 Å². The van der Waals surface area contributed by atoms with E-state index in [1.165, 1.54) is 18.4 Å². The molecule has 1 aromatic rings. The molecular formula is C14H22N2O3S. The number of thiophene rings is 1. The minimum Gasteiger partial charge on any atom is -0.492 e. The minimum atomic E-state index is -0.407. The molecule has 2 N–H and O–H groups in total. The van der Waals surface area contributed by atoms with Crippen molar-refractivity contribution in [2.45, 2.75) is 20.3 Å². The lowest BCUT2D eigenvalue weighted by atomic mass is 9.89. The van der Waals surface area contributed by atoms with Gasteiger partial charge in [-0.05, 0) is 18.3 Å². The predicted molar refractivity (Wildman–Crippen MR) is 81.8 cm³/mol. The first-order chi connectivity index (χ1) is 9.49. The Kier molecular flexibility index (Phi) is 4.42. The van der Waals surface area contributed by atoms with E-state index in [-0.39, 0.29) is 0 Å². The van der Waals surface area contributed by atoms with Crippen LogP contribution >= 0.6 is 11.3 Å². The summed E-state index contributed by atoms with van der Waals surface area (Å²) in [6.07, 6.45) is 1.13. The number of piperidine rings is 1. The molecule has 0 radical (unpaired) electrons. The lowest BCUT2D eigenvalue weighted by Crippen LogP contribution is -2.38. The van der Waals surface area contributed by atoms with E-state index in [2.05, 4.69) is 18.7 Å². The lowest BCUT2D eigenvalue weighted by molar-refractivity contribution is 0.0607. The Hall–Kier alpha value is -1.43. The quantitative estimate of drug-likeness (QED) is 0.869. The fourth-order valence-corrected chi connectivity index (χ4v) is 3.66. The van der Waals surface area contributed by atoms with Gasteiger partial charge in [-0.1, -0.05) is 13.8 Å². The number of methoxy groups -OCH3 is 2. The summed E-state index contributed by atoms with van der Waals surface area (Å²) in [5, 5.41) is 0.934. The maximum absolute atomic E-state index is 11.7. The summed E-state index contributed by atoms with van der Waals surface area (Å²) in [5.74, 6) is 1.51. The molecule has 0 saturated carbocycles. The lowest BCUT2D eigenvalue weighted by Gasteiger charge is -2.36. The number of ether oxygens (including phenoxy) is 2. The van der Waals surface area contributed by atoms with Crippen molar-refractivity contribution in [2.24, 2.45) is 11.8 Å². The van der Waals surface area contributed by atoms with Gasteiger partial charge in [0.05, 0.1) is 14.2 Å². The first kappa shape index (κ1) is 15.0. The number of esters is 1. The minimum absolute atomic E-state index is 0.380. The van der Waals surface area contributed by atoms with E-state index in [0.717, 1.165) is 30.4 Å². The molecule has 112 valence electrons. The Morgan fingerprint density at radius 1 is 1.35 bits per heavy atom. The smallest absolute Gasteiger partial charge is 0.350 e. The summed E-state index contributed by atoms with van der Waals surface area (Å²) >= 11 is 1.35. The number of anilines is 2. The SMILES string of the molecule is COC(=O)c1sc(N2CCC(C)C(C)C2)c(OC)c1N. The van der Waals surface area contributed by atoms with Crippen LogP contribution in [-0.4, -0.2) is 33.3 Å². The molecule has 1 fully saturated rings. The fraction of sp³-hybridized carbons (Fsp3) is 0.643. The Labute approximate surface area is 123 Å². The standard InChI is InChI=1S/C14H22N2O3S/c1-8-5-6-16(7-9(8)2)13-11(18-3)10(15)12(20-13)14(17)19-4/h8-9H,5-7,15H2,1-4H3. The van der Waals surface area contributed by atoms with E-state index in [1.807, 2.05) is 0 Å². The second kappa shape index (κ2) is 5.91. The normalized spacial score (nSPS) is 22.7. The van der Waals surface area contributed by atoms with Crippen LogP contribution in [0.3, 0.4) is 0 Å². The van der Waals surface area contributed by atoms with E-state index in [4.69, 9.17) is 15.2 Å². The van der Waals surface area contributed by atoms with Crippen molar-refractivity contribution >= 4 is 28.0 Å². The molecule has 2 atom stereocenters. The number of nitrogens with two attached hydrogens (primary N) is 1. The molecule has 6 heteroatoms. The molecule has 20 heavy (non-hydrogen) atoms. The summed E-state index contributed by atoms with van der Waals surface area (Å²) in [7, 11) is 2.94. The van der Waals surface area contributed by atoms with Gasteiger partial charge >= 0.3 is 5.97 Å². The number of rotatable bonds is 3. The monoisotopic (exact) mass is 298 g/mol. The molecule has 0 bridgehead atoms. The van der Waals surface area contributed by atoms with Crippen molar-refractivity contribution in [2.75, 3.05) is 37.9 Å². The van der Waals surface area contributed by atoms with Crippen molar-refractivity contribution < 1.29 is 14.3 Å². The average molecular weight is 298 g/mol. The highest BCUT2D eigenvalue weighted by Crippen LogP contribution is 2.46. The predicted octanol–water partition coefficient (Wildman–Crippen LogP) is 2.61. The zero-order valence-electron chi connectivity index (χ0n) is 12.4. The Balaban J connectivity index is 2.34. The van der Waals surface area contributed by atoms with Crippen LogP contribution in [0.5, 0.6) is 5.75 Å². The Morgan fingerprint density at radius 2 is 2.05 bits per heavy atom. The Morgan fingerprint density at radius 3 is 2.60 bits per heavy atom. The van der Waals surface area contributed by atoms with E-state index in [9.17, 15) is 4.79 Å². The largest absolute Gasteiger partial charge is 0.492 e. The van der Waals surface area contributed by atoms with Crippen molar-refractivity contribution in [3.63, 3.8) is 0 Å². The summed E-state index contributed by atoms with van der Waals surface area (Å²) in [6, 6.07) is 0. The second-order valence-electron chi connectivity index (χ2n) is 5.36. The molecule has 2 heterocycles. The maximum Gasteiger partial charge on any atom is 0.350 e. The van der Waals surface area contributed by atoms with Gasteiger partial charge in [0.2, 0.25) is 0 Å². The third-order valence-electron chi connectivity index (χ3n) is 4.08. The summed E-state index contributed by atoms with van der Waals surface area (Å²) in [4.78, 5) is 14.4. The molecule has 1 saturated heterocycles. The zero-order chi connectivity index (χ0) is 14.9. The Bertz CT molecular complexity index is 501. The van der Waals surface area contributed by atoms with Gasteiger partial charge in [-0.15, -0.1) is 11.3 Å². The van der Waals surface area contributed by atoms with Crippen molar-refractivity contribution in [3.8, 4) is 5.75 Å².